The molecular formula is C13H25ClN4O4S. The molecule has 0 aliphatic carbocycles. The minimum absolute atomic E-state index is 0. The van der Waals surface area contributed by atoms with Crippen molar-refractivity contribution in [2.45, 2.75) is 24.8 Å². The van der Waals surface area contributed by atoms with Gasteiger partial charge in [0.05, 0.1) is 6.61 Å². The molecule has 1 rings (SSSR count). The van der Waals surface area contributed by atoms with Crippen LogP contribution in [0.25, 0.3) is 0 Å². The highest BCUT2D eigenvalue weighted by Gasteiger charge is 2.19. The van der Waals surface area contributed by atoms with Gasteiger partial charge in [0.2, 0.25) is 10.0 Å². The Balaban J connectivity index is 0.00000484. The smallest absolute Gasteiger partial charge is 0.267 e. The summed E-state index contributed by atoms with van der Waals surface area (Å²) in [4.78, 5) is 14.6. The fraction of sp³-hybridized carbons (Fsp3) is 0.615. The summed E-state index contributed by atoms with van der Waals surface area (Å²) in [5, 5.41) is 5.78. The van der Waals surface area contributed by atoms with Crippen LogP contribution < -0.4 is 15.4 Å². The van der Waals surface area contributed by atoms with Gasteiger partial charge in [0, 0.05) is 39.0 Å². The van der Waals surface area contributed by atoms with E-state index in [1.54, 1.807) is 21.0 Å². The standard InChI is InChI=1S/C13H24N4O4S.ClH/c1-10(2)17-22(19,20)11-8-12(16-9-11)13(18)15-5-4-14-6-7-21-3;/h8-10,14,16-17H,4-7H2,1-3H3,(H,15,18);1H. The first-order valence-electron chi connectivity index (χ1n) is 7.05. The topological polar surface area (TPSA) is 112 Å². The molecule has 0 saturated heterocycles. The lowest BCUT2D eigenvalue weighted by Crippen LogP contribution is -2.33. The summed E-state index contributed by atoms with van der Waals surface area (Å²) < 4.78 is 31.3. The first-order chi connectivity index (χ1) is 10.4. The maximum atomic E-state index is 12.0. The molecule has 4 N–H and O–H groups in total. The van der Waals surface area contributed by atoms with Crippen molar-refractivity contribution in [2.24, 2.45) is 0 Å². The van der Waals surface area contributed by atoms with Crippen molar-refractivity contribution < 1.29 is 17.9 Å². The number of methoxy groups -OCH3 is 1. The second-order valence-corrected chi connectivity index (χ2v) is 6.74. The van der Waals surface area contributed by atoms with Gasteiger partial charge in [-0.3, -0.25) is 4.79 Å². The monoisotopic (exact) mass is 368 g/mol. The van der Waals surface area contributed by atoms with Crippen molar-refractivity contribution in [3.8, 4) is 0 Å². The Bertz CT molecular complexity index is 574. The second-order valence-electron chi connectivity index (χ2n) is 5.02. The average molecular weight is 369 g/mol. The molecule has 10 heteroatoms. The number of carbonyl (C=O) groups is 1. The minimum Gasteiger partial charge on any atom is -0.383 e. The number of carbonyl (C=O) groups excluding carboxylic acids is 1. The van der Waals surface area contributed by atoms with Gasteiger partial charge >= 0.3 is 0 Å². The lowest BCUT2D eigenvalue weighted by Gasteiger charge is -2.07. The van der Waals surface area contributed by atoms with Crippen LogP contribution in [0.4, 0.5) is 0 Å². The third-order valence-electron chi connectivity index (χ3n) is 2.67. The number of hydrogen-bond donors (Lipinski definition) is 4. The van der Waals surface area contributed by atoms with Crippen LogP contribution in [0.2, 0.25) is 0 Å². The summed E-state index contributed by atoms with van der Waals surface area (Å²) in [5.41, 5.74) is 0.209. The van der Waals surface area contributed by atoms with E-state index in [1.165, 1.54) is 12.3 Å². The predicted octanol–water partition coefficient (Wildman–Crippen LogP) is 0.0890. The Labute approximate surface area is 143 Å². The summed E-state index contributed by atoms with van der Waals surface area (Å²) in [6.07, 6.45) is 1.30. The van der Waals surface area contributed by atoms with E-state index in [2.05, 4.69) is 20.3 Å². The van der Waals surface area contributed by atoms with Crippen molar-refractivity contribution in [1.29, 1.82) is 0 Å². The highest BCUT2D eigenvalue weighted by atomic mass is 35.5. The van der Waals surface area contributed by atoms with E-state index in [0.717, 1.165) is 0 Å². The van der Waals surface area contributed by atoms with E-state index in [-0.39, 0.29) is 34.9 Å². The minimum atomic E-state index is -3.60. The maximum absolute atomic E-state index is 12.0. The molecule has 0 aromatic carbocycles. The summed E-state index contributed by atoms with van der Waals surface area (Å²) in [6, 6.07) is 1.11. The fourth-order valence-electron chi connectivity index (χ4n) is 1.70. The number of ether oxygens (including phenoxy) is 1. The molecule has 1 heterocycles. The fourth-order valence-corrected chi connectivity index (χ4v) is 2.94. The molecule has 8 nitrogen and oxygen atoms in total. The molecular weight excluding hydrogens is 344 g/mol. The van der Waals surface area contributed by atoms with Crippen LogP contribution in [0, 0.1) is 0 Å². The number of aromatic nitrogens is 1. The van der Waals surface area contributed by atoms with Crippen molar-refractivity contribution in [3.05, 3.63) is 18.0 Å². The van der Waals surface area contributed by atoms with Crippen molar-refractivity contribution in [2.75, 3.05) is 33.4 Å². The van der Waals surface area contributed by atoms with Gasteiger partial charge in [0.25, 0.3) is 5.91 Å². The van der Waals surface area contributed by atoms with E-state index >= 15 is 0 Å². The zero-order valence-electron chi connectivity index (χ0n) is 13.5. The Morgan fingerprint density at radius 1 is 1.30 bits per heavy atom. The highest BCUT2D eigenvalue weighted by Crippen LogP contribution is 2.11. The number of amides is 1. The van der Waals surface area contributed by atoms with Crippen molar-refractivity contribution in [1.82, 2.24) is 20.3 Å². The molecule has 0 fully saturated rings. The number of halogens is 1. The summed E-state index contributed by atoms with van der Waals surface area (Å²) in [7, 11) is -1.98. The van der Waals surface area contributed by atoms with Crippen LogP contribution in [-0.2, 0) is 14.8 Å². The third-order valence-corrected chi connectivity index (χ3v) is 4.31. The molecule has 1 amide bonds. The van der Waals surface area contributed by atoms with Crippen LogP contribution in [0.15, 0.2) is 17.2 Å². The van der Waals surface area contributed by atoms with E-state index < -0.39 is 10.0 Å². The van der Waals surface area contributed by atoms with Crippen LogP contribution >= 0.6 is 12.4 Å². The molecule has 0 radical (unpaired) electrons. The van der Waals surface area contributed by atoms with Gasteiger partial charge in [-0.05, 0) is 19.9 Å². The molecule has 23 heavy (non-hydrogen) atoms. The molecule has 0 atom stereocenters. The van der Waals surface area contributed by atoms with Crippen molar-refractivity contribution >= 4 is 28.3 Å². The number of rotatable bonds is 10. The molecule has 0 aliphatic heterocycles. The van der Waals surface area contributed by atoms with Crippen LogP contribution in [0.5, 0.6) is 0 Å². The Morgan fingerprint density at radius 3 is 2.61 bits per heavy atom. The predicted molar refractivity (Wildman–Crippen MR) is 90.6 cm³/mol. The molecule has 0 saturated carbocycles. The third kappa shape index (κ3) is 7.80. The van der Waals surface area contributed by atoms with E-state index in [1.807, 2.05) is 0 Å². The highest BCUT2D eigenvalue weighted by molar-refractivity contribution is 7.89. The molecule has 134 valence electrons. The molecule has 1 aromatic rings. The Hall–Kier alpha value is -1.13. The van der Waals surface area contributed by atoms with Crippen LogP contribution in [0.3, 0.4) is 0 Å². The quantitative estimate of drug-likeness (QED) is 0.437. The molecule has 0 bridgehead atoms. The summed E-state index contributed by atoms with van der Waals surface area (Å²) >= 11 is 0. The van der Waals surface area contributed by atoms with Gasteiger partial charge < -0.3 is 20.4 Å². The van der Waals surface area contributed by atoms with E-state index in [9.17, 15) is 13.2 Å². The Morgan fingerprint density at radius 2 is 2.00 bits per heavy atom. The number of hydrogen-bond acceptors (Lipinski definition) is 5. The maximum Gasteiger partial charge on any atom is 0.267 e. The zero-order valence-corrected chi connectivity index (χ0v) is 15.1. The first kappa shape index (κ1) is 21.9. The van der Waals surface area contributed by atoms with Gasteiger partial charge in [0.1, 0.15) is 10.6 Å². The number of nitrogens with one attached hydrogen (secondary N) is 4. The molecule has 0 unspecified atom stereocenters. The van der Waals surface area contributed by atoms with Gasteiger partial charge in [-0.25, -0.2) is 13.1 Å². The van der Waals surface area contributed by atoms with Crippen LogP contribution in [0.1, 0.15) is 24.3 Å². The summed E-state index contributed by atoms with van der Waals surface area (Å²) in [6.45, 7) is 5.82. The van der Waals surface area contributed by atoms with Crippen molar-refractivity contribution in [3.63, 3.8) is 0 Å². The first-order valence-corrected chi connectivity index (χ1v) is 8.53. The SMILES string of the molecule is COCCNCCNC(=O)c1cc(S(=O)(=O)NC(C)C)c[nH]1.Cl. The lowest BCUT2D eigenvalue weighted by molar-refractivity contribution is 0.0949. The number of aromatic amines is 1. The lowest BCUT2D eigenvalue weighted by atomic mass is 10.4. The van der Waals surface area contributed by atoms with E-state index in [0.29, 0.717) is 26.2 Å². The number of H-pyrrole nitrogens is 1. The normalized spacial score (nSPS) is 11.3. The molecule has 0 spiro atoms. The number of sulfonamides is 1. The second kappa shape index (κ2) is 10.6. The average Bonchev–Trinajstić information content (AvgIpc) is 2.91. The van der Waals surface area contributed by atoms with E-state index in [4.69, 9.17) is 4.74 Å². The van der Waals surface area contributed by atoms with Gasteiger partial charge in [0.15, 0.2) is 0 Å². The molecule has 0 aliphatic rings. The zero-order chi connectivity index (χ0) is 16.6. The summed E-state index contributed by atoms with van der Waals surface area (Å²) in [5.74, 6) is -0.348. The largest absolute Gasteiger partial charge is 0.383 e. The van der Waals surface area contributed by atoms with Gasteiger partial charge in [-0.15, -0.1) is 12.4 Å². The van der Waals surface area contributed by atoms with Gasteiger partial charge in [-0.1, -0.05) is 0 Å². The van der Waals surface area contributed by atoms with Crippen LogP contribution in [-0.4, -0.2) is 58.7 Å². The molecule has 1 aromatic heterocycles. The van der Waals surface area contributed by atoms with Gasteiger partial charge in [-0.2, -0.15) is 0 Å². The Kier molecular flexibility index (Phi) is 10.1.